The number of nitrogens with zero attached hydrogens (tertiary/aromatic N) is 4. The van der Waals surface area contributed by atoms with Crippen molar-refractivity contribution in [2.45, 2.75) is 0 Å². The molecule has 0 spiro atoms. The molecule has 0 aliphatic carbocycles. The normalized spacial score (nSPS) is 11.3. The van der Waals surface area contributed by atoms with Crippen LogP contribution < -0.4 is 0 Å². The van der Waals surface area contributed by atoms with E-state index in [1.807, 2.05) is 60.7 Å². The molecule has 0 radical (unpaired) electrons. The van der Waals surface area contributed by atoms with E-state index in [9.17, 15) is 0 Å². The molecule has 0 saturated heterocycles. The van der Waals surface area contributed by atoms with Crippen molar-refractivity contribution in [3.8, 4) is 62.1 Å². The van der Waals surface area contributed by atoms with Gasteiger partial charge in [0.05, 0.1) is 11.0 Å². The summed E-state index contributed by atoms with van der Waals surface area (Å²) in [5, 5.41) is 2.44. The molecule has 0 atom stereocenters. The molecule has 2 aromatic heterocycles. The standard InChI is InChI=1S/C45H30N4/c1-5-13-31(14-6-1)36-24-28-41-40(29-36)39-27-23-37(32-15-7-2-8-16-32)30-42(39)49(41)38-25-21-35(22-26-38)45-47-43(33-17-9-3-10-18-33)46-44(48-45)34-19-11-4-12-20-34/h1-30H. The second-order valence-corrected chi connectivity index (χ2v) is 12.1. The first kappa shape index (κ1) is 28.6. The highest BCUT2D eigenvalue weighted by atomic mass is 15.0. The number of aromatic nitrogens is 4. The number of hydrogen-bond acceptors (Lipinski definition) is 3. The molecule has 9 rings (SSSR count). The first-order valence-electron chi connectivity index (χ1n) is 16.5. The molecule has 0 fully saturated rings. The summed E-state index contributed by atoms with van der Waals surface area (Å²) in [5.41, 5.74) is 11.0. The molecule has 0 aliphatic heterocycles. The smallest absolute Gasteiger partial charge is 0.164 e. The van der Waals surface area contributed by atoms with E-state index in [4.69, 9.17) is 15.0 Å². The zero-order chi connectivity index (χ0) is 32.6. The Hall–Kier alpha value is -6.65. The predicted molar refractivity (Wildman–Crippen MR) is 201 cm³/mol. The molecule has 9 aromatic rings. The highest BCUT2D eigenvalue weighted by Crippen LogP contribution is 2.37. The summed E-state index contributed by atoms with van der Waals surface area (Å²) in [6, 6.07) is 63.5. The number of fused-ring (bicyclic) bond motifs is 3. The molecule has 0 saturated carbocycles. The molecular formula is C45H30N4. The van der Waals surface area contributed by atoms with Crippen molar-refractivity contribution < 1.29 is 0 Å². The van der Waals surface area contributed by atoms with Crippen molar-refractivity contribution in [1.29, 1.82) is 0 Å². The van der Waals surface area contributed by atoms with Gasteiger partial charge in [-0.15, -0.1) is 0 Å². The minimum Gasteiger partial charge on any atom is -0.309 e. The fourth-order valence-corrected chi connectivity index (χ4v) is 6.62. The fraction of sp³-hybridized carbons (Fsp3) is 0. The summed E-state index contributed by atoms with van der Waals surface area (Å²) in [6.07, 6.45) is 0. The summed E-state index contributed by atoms with van der Waals surface area (Å²) in [4.78, 5) is 14.8. The molecule has 2 heterocycles. The van der Waals surface area contributed by atoms with Gasteiger partial charge >= 0.3 is 0 Å². The van der Waals surface area contributed by atoms with Crippen LogP contribution in [0.3, 0.4) is 0 Å². The average Bonchev–Trinajstić information content (AvgIpc) is 3.52. The minimum absolute atomic E-state index is 0.639. The van der Waals surface area contributed by atoms with Crippen LogP contribution in [0.15, 0.2) is 182 Å². The van der Waals surface area contributed by atoms with Crippen molar-refractivity contribution in [3.05, 3.63) is 182 Å². The van der Waals surface area contributed by atoms with E-state index >= 15 is 0 Å². The minimum atomic E-state index is 0.639. The lowest BCUT2D eigenvalue weighted by Crippen LogP contribution is -2.00. The van der Waals surface area contributed by atoms with Crippen LogP contribution in [0.4, 0.5) is 0 Å². The van der Waals surface area contributed by atoms with E-state index in [1.54, 1.807) is 0 Å². The van der Waals surface area contributed by atoms with Crippen LogP contribution in [0.25, 0.3) is 83.9 Å². The summed E-state index contributed by atoms with van der Waals surface area (Å²) >= 11 is 0. The number of hydrogen-bond donors (Lipinski definition) is 0. The lowest BCUT2D eigenvalue weighted by atomic mass is 10.0. The van der Waals surface area contributed by atoms with Crippen molar-refractivity contribution in [3.63, 3.8) is 0 Å². The van der Waals surface area contributed by atoms with E-state index in [2.05, 4.69) is 126 Å². The van der Waals surface area contributed by atoms with E-state index in [0.29, 0.717) is 17.5 Å². The Morgan fingerprint density at radius 3 is 1.20 bits per heavy atom. The van der Waals surface area contributed by atoms with E-state index < -0.39 is 0 Å². The van der Waals surface area contributed by atoms with E-state index in [0.717, 1.165) is 33.4 Å². The van der Waals surface area contributed by atoms with Crippen LogP contribution in [0.1, 0.15) is 0 Å². The van der Waals surface area contributed by atoms with Gasteiger partial charge in [-0.25, -0.2) is 15.0 Å². The molecule has 4 heteroatoms. The molecule has 0 aliphatic rings. The van der Waals surface area contributed by atoms with Crippen molar-refractivity contribution in [1.82, 2.24) is 19.5 Å². The van der Waals surface area contributed by atoms with Crippen molar-refractivity contribution in [2.75, 3.05) is 0 Å². The first-order valence-corrected chi connectivity index (χ1v) is 16.5. The van der Waals surface area contributed by atoms with Gasteiger partial charge in [0.1, 0.15) is 0 Å². The van der Waals surface area contributed by atoms with Gasteiger partial charge in [-0.1, -0.05) is 140 Å². The summed E-state index contributed by atoms with van der Waals surface area (Å²) in [6.45, 7) is 0. The quantitative estimate of drug-likeness (QED) is 0.184. The van der Waals surface area contributed by atoms with Crippen molar-refractivity contribution in [2.24, 2.45) is 0 Å². The summed E-state index contributed by atoms with van der Waals surface area (Å²) < 4.78 is 2.37. The molecular weight excluding hydrogens is 597 g/mol. The molecule has 49 heavy (non-hydrogen) atoms. The van der Waals surface area contributed by atoms with Gasteiger partial charge in [0.15, 0.2) is 17.5 Å². The molecule has 7 aromatic carbocycles. The van der Waals surface area contributed by atoms with Gasteiger partial charge in [-0.2, -0.15) is 0 Å². The molecule has 0 bridgehead atoms. The lowest BCUT2D eigenvalue weighted by Gasteiger charge is -2.11. The van der Waals surface area contributed by atoms with Gasteiger partial charge in [0.2, 0.25) is 0 Å². The first-order chi connectivity index (χ1) is 24.3. The maximum absolute atomic E-state index is 4.95. The number of rotatable bonds is 6. The summed E-state index contributed by atoms with van der Waals surface area (Å²) in [5.74, 6) is 1.94. The second kappa shape index (κ2) is 12.2. The van der Waals surface area contributed by atoms with Crippen LogP contribution in [0.5, 0.6) is 0 Å². The Balaban J connectivity index is 1.20. The largest absolute Gasteiger partial charge is 0.309 e. The SMILES string of the molecule is c1ccc(-c2ccc3c(c2)c2ccc(-c4ccccc4)cc2n3-c2ccc(-c3nc(-c4ccccc4)nc(-c4ccccc4)n3)cc2)cc1. The zero-order valence-electron chi connectivity index (χ0n) is 26.6. The third kappa shape index (κ3) is 5.35. The molecule has 0 amide bonds. The zero-order valence-corrected chi connectivity index (χ0v) is 26.6. The highest BCUT2D eigenvalue weighted by molar-refractivity contribution is 6.11. The van der Waals surface area contributed by atoms with Gasteiger partial charge in [-0.05, 0) is 64.7 Å². The Bertz CT molecular complexity index is 2500. The molecule has 0 N–H and O–H groups in total. The Morgan fingerprint density at radius 1 is 0.286 bits per heavy atom. The third-order valence-corrected chi connectivity index (χ3v) is 9.06. The van der Waals surface area contributed by atoms with Crippen LogP contribution in [-0.4, -0.2) is 19.5 Å². The average molecular weight is 627 g/mol. The highest BCUT2D eigenvalue weighted by Gasteiger charge is 2.16. The van der Waals surface area contributed by atoms with E-state index in [-0.39, 0.29) is 0 Å². The van der Waals surface area contributed by atoms with Crippen LogP contribution in [0, 0.1) is 0 Å². The predicted octanol–water partition coefficient (Wildman–Crippen LogP) is 11.3. The van der Waals surface area contributed by atoms with Crippen molar-refractivity contribution >= 4 is 21.8 Å². The third-order valence-electron chi connectivity index (χ3n) is 9.06. The van der Waals surface area contributed by atoms with Gasteiger partial charge in [0.25, 0.3) is 0 Å². The monoisotopic (exact) mass is 626 g/mol. The van der Waals surface area contributed by atoms with Crippen LogP contribution >= 0.6 is 0 Å². The Kier molecular flexibility index (Phi) is 7.10. The Labute approximate surface area is 284 Å². The van der Waals surface area contributed by atoms with Gasteiger partial charge < -0.3 is 4.57 Å². The molecule has 230 valence electrons. The van der Waals surface area contributed by atoms with Crippen LogP contribution in [0.2, 0.25) is 0 Å². The maximum atomic E-state index is 4.95. The second-order valence-electron chi connectivity index (χ2n) is 12.1. The van der Waals surface area contributed by atoms with Gasteiger partial charge in [0, 0.05) is 33.2 Å². The maximum Gasteiger partial charge on any atom is 0.164 e. The number of benzene rings is 7. The Morgan fingerprint density at radius 2 is 0.694 bits per heavy atom. The van der Waals surface area contributed by atoms with Crippen LogP contribution in [-0.2, 0) is 0 Å². The molecule has 4 nitrogen and oxygen atoms in total. The summed E-state index contributed by atoms with van der Waals surface area (Å²) in [7, 11) is 0. The fourth-order valence-electron chi connectivity index (χ4n) is 6.62. The lowest BCUT2D eigenvalue weighted by molar-refractivity contribution is 1.07. The van der Waals surface area contributed by atoms with E-state index in [1.165, 1.54) is 33.0 Å². The molecule has 0 unspecified atom stereocenters. The topological polar surface area (TPSA) is 43.6 Å². The van der Waals surface area contributed by atoms with Gasteiger partial charge in [-0.3, -0.25) is 0 Å².